The monoisotopic (exact) mass is 510 g/mol. The van der Waals surface area contributed by atoms with Gasteiger partial charge in [0.2, 0.25) is 0 Å². The molecule has 0 aliphatic rings. The van der Waals surface area contributed by atoms with E-state index in [0.29, 0.717) is 12.0 Å². The predicted molar refractivity (Wildman–Crippen MR) is 120 cm³/mol. The van der Waals surface area contributed by atoms with Crippen LogP contribution in [0.25, 0.3) is 0 Å². The molecule has 0 radical (unpaired) electrons. The molecule has 3 N–H and O–H groups in total. The second kappa shape index (κ2) is 10.6. The number of nitrogens with two attached hydrogens (primary N) is 1. The van der Waals surface area contributed by atoms with Gasteiger partial charge in [-0.25, -0.2) is 9.48 Å². The lowest BCUT2D eigenvalue weighted by atomic mass is 10.1. The van der Waals surface area contributed by atoms with Crippen molar-refractivity contribution in [2.45, 2.75) is 33.2 Å². The number of thiophene rings is 1. The highest BCUT2D eigenvalue weighted by molar-refractivity contribution is 7.18. The maximum Gasteiger partial charge on any atom is 0.416 e. The summed E-state index contributed by atoms with van der Waals surface area (Å²) in [4.78, 5) is 37.0. The standard InChI is InChI=1S/C22H21F3N4O5S/c1-3-9-33-21(32)16-12(2)17(18(26)30)35-20(16)27-19(31)15-7-8-29(28-15)11-34-14-6-4-5-13(10-14)22(23,24)25/h4-8,10H,3,9,11H2,1-2H3,(H2,26,30)(H,27,31). The lowest BCUT2D eigenvalue weighted by Gasteiger charge is -2.10. The Bertz CT molecular complexity index is 1250. The van der Waals surface area contributed by atoms with E-state index in [9.17, 15) is 27.6 Å². The predicted octanol–water partition coefficient (Wildman–Crippen LogP) is 4.23. The van der Waals surface area contributed by atoms with E-state index in [2.05, 4.69) is 10.4 Å². The van der Waals surface area contributed by atoms with Crippen molar-refractivity contribution in [1.29, 1.82) is 0 Å². The largest absolute Gasteiger partial charge is 0.471 e. The highest BCUT2D eigenvalue weighted by Gasteiger charge is 2.30. The van der Waals surface area contributed by atoms with Crippen molar-refractivity contribution in [2.24, 2.45) is 5.73 Å². The van der Waals surface area contributed by atoms with Gasteiger partial charge in [0.1, 0.15) is 10.8 Å². The molecule has 0 aliphatic heterocycles. The molecule has 3 rings (SSSR count). The van der Waals surface area contributed by atoms with Gasteiger partial charge in [-0.15, -0.1) is 11.3 Å². The van der Waals surface area contributed by atoms with Crippen molar-refractivity contribution >= 4 is 34.1 Å². The fourth-order valence-electron chi connectivity index (χ4n) is 2.97. The van der Waals surface area contributed by atoms with Crippen LogP contribution in [-0.4, -0.2) is 34.2 Å². The number of primary amides is 1. The third-order valence-corrected chi connectivity index (χ3v) is 5.86. The molecule has 9 nitrogen and oxygen atoms in total. The molecule has 0 fully saturated rings. The lowest BCUT2D eigenvalue weighted by molar-refractivity contribution is -0.137. The van der Waals surface area contributed by atoms with E-state index in [1.165, 1.54) is 36.0 Å². The van der Waals surface area contributed by atoms with Gasteiger partial charge in [-0.05, 0) is 43.2 Å². The van der Waals surface area contributed by atoms with Crippen LogP contribution in [0.4, 0.5) is 18.2 Å². The zero-order chi connectivity index (χ0) is 25.8. The topological polar surface area (TPSA) is 126 Å². The number of anilines is 1. The smallest absolute Gasteiger partial charge is 0.416 e. The number of carbonyl (C=O) groups excluding carboxylic acids is 3. The molecule has 0 saturated heterocycles. The van der Waals surface area contributed by atoms with E-state index in [1.54, 1.807) is 0 Å². The van der Waals surface area contributed by atoms with Crippen molar-refractivity contribution in [3.63, 3.8) is 0 Å². The van der Waals surface area contributed by atoms with Crippen molar-refractivity contribution in [3.8, 4) is 5.75 Å². The summed E-state index contributed by atoms with van der Waals surface area (Å²) in [5.74, 6) is -2.17. The number of benzene rings is 1. The Morgan fingerprint density at radius 1 is 1.23 bits per heavy atom. The van der Waals surface area contributed by atoms with Crippen LogP contribution in [0.2, 0.25) is 0 Å². The number of nitrogens with one attached hydrogen (secondary N) is 1. The number of ether oxygens (including phenoxy) is 2. The number of rotatable bonds is 9. The average Bonchev–Trinajstić information content (AvgIpc) is 3.40. The van der Waals surface area contributed by atoms with Crippen molar-refractivity contribution in [3.05, 3.63) is 63.8 Å². The molecule has 0 spiro atoms. The number of alkyl halides is 3. The Labute approximate surface area is 201 Å². The molecule has 2 heterocycles. The number of halogens is 3. The first kappa shape index (κ1) is 25.7. The van der Waals surface area contributed by atoms with Crippen molar-refractivity contribution in [1.82, 2.24) is 9.78 Å². The van der Waals surface area contributed by atoms with Gasteiger partial charge in [-0.1, -0.05) is 13.0 Å². The van der Waals surface area contributed by atoms with E-state index < -0.39 is 29.5 Å². The molecular formula is C22H21F3N4O5S. The highest BCUT2D eigenvalue weighted by atomic mass is 32.1. The Balaban J connectivity index is 1.73. The molecule has 3 aromatic rings. The van der Waals surface area contributed by atoms with Gasteiger partial charge in [0, 0.05) is 6.20 Å². The molecular weight excluding hydrogens is 489 g/mol. The molecule has 35 heavy (non-hydrogen) atoms. The minimum absolute atomic E-state index is 0.0235. The van der Waals surface area contributed by atoms with Gasteiger partial charge in [-0.3, -0.25) is 9.59 Å². The first-order chi connectivity index (χ1) is 16.5. The van der Waals surface area contributed by atoms with Gasteiger partial charge in [0.15, 0.2) is 12.4 Å². The second-order valence-corrected chi connectivity index (χ2v) is 8.27. The minimum atomic E-state index is -4.51. The Morgan fingerprint density at radius 3 is 2.63 bits per heavy atom. The van der Waals surface area contributed by atoms with Crippen molar-refractivity contribution < 1.29 is 37.0 Å². The molecule has 13 heteroatoms. The molecule has 0 bridgehead atoms. The van der Waals surface area contributed by atoms with E-state index in [4.69, 9.17) is 15.2 Å². The summed E-state index contributed by atoms with van der Waals surface area (Å²) in [5, 5.41) is 6.66. The Morgan fingerprint density at radius 2 is 1.97 bits per heavy atom. The number of carbonyl (C=O) groups is 3. The van der Waals surface area contributed by atoms with E-state index in [-0.39, 0.29) is 40.2 Å². The van der Waals surface area contributed by atoms with Crippen LogP contribution in [0, 0.1) is 6.92 Å². The van der Waals surface area contributed by atoms with Crippen LogP contribution in [-0.2, 0) is 17.6 Å². The molecule has 0 unspecified atom stereocenters. The maximum absolute atomic E-state index is 12.8. The number of aromatic nitrogens is 2. The molecule has 0 aliphatic carbocycles. The number of nitrogens with zero attached hydrogens (tertiary/aromatic N) is 2. The third kappa shape index (κ3) is 6.18. The van der Waals surface area contributed by atoms with E-state index in [0.717, 1.165) is 23.5 Å². The summed E-state index contributed by atoms with van der Waals surface area (Å²) in [7, 11) is 0. The number of hydrogen-bond donors (Lipinski definition) is 2. The zero-order valence-electron chi connectivity index (χ0n) is 18.6. The van der Waals surface area contributed by atoms with Crippen LogP contribution in [0.1, 0.15) is 55.0 Å². The van der Waals surface area contributed by atoms with E-state index >= 15 is 0 Å². The SMILES string of the molecule is CCCOC(=O)c1c(NC(=O)c2ccn(COc3cccc(C(F)(F)F)c3)n2)sc(C(N)=O)c1C. The van der Waals surface area contributed by atoms with Crippen LogP contribution < -0.4 is 15.8 Å². The number of esters is 1. The summed E-state index contributed by atoms with van der Waals surface area (Å²) in [6, 6.07) is 5.71. The summed E-state index contributed by atoms with van der Waals surface area (Å²) in [6.07, 6.45) is -2.53. The molecule has 2 aromatic heterocycles. The van der Waals surface area contributed by atoms with Gasteiger partial charge in [-0.2, -0.15) is 18.3 Å². The molecule has 0 atom stereocenters. The Kier molecular flexibility index (Phi) is 7.79. The summed E-state index contributed by atoms with van der Waals surface area (Å²) < 4.78 is 50.2. The van der Waals surface area contributed by atoms with Gasteiger partial charge >= 0.3 is 12.1 Å². The summed E-state index contributed by atoms with van der Waals surface area (Å²) >= 11 is 0.838. The summed E-state index contributed by atoms with van der Waals surface area (Å²) in [5.41, 5.74) is 4.77. The normalized spacial score (nSPS) is 11.2. The van der Waals surface area contributed by atoms with Crippen LogP contribution in [0.5, 0.6) is 5.75 Å². The van der Waals surface area contributed by atoms with E-state index in [1.807, 2.05) is 6.92 Å². The van der Waals surface area contributed by atoms with Crippen molar-refractivity contribution in [2.75, 3.05) is 11.9 Å². The highest BCUT2D eigenvalue weighted by Crippen LogP contribution is 2.34. The number of hydrogen-bond acceptors (Lipinski definition) is 7. The van der Waals surface area contributed by atoms with Crippen LogP contribution in [0.15, 0.2) is 36.5 Å². The first-order valence-electron chi connectivity index (χ1n) is 10.3. The Hall–Kier alpha value is -3.87. The van der Waals surface area contributed by atoms with Gasteiger partial charge < -0.3 is 20.5 Å². The molecule has 2 amide bonds. The minimum Gasteiger partial charge on any atom is -0.471 e. The summed E-state index contributed by atoms with van der Waals surface area (Å²) in [6.45, 7) is 3.24. The maximum atomic E-state index is 12.8. The van der Waals surface area contributed by atoms with Gasteiger partial charge in [0.25, 0.3) is 11.8 Å². The fourth-order valence-corrected chi connectivity index (χ4v) is 4.02. The van der Waals surface area contributed by atoms with Crippen LogP contribution in [0.3, 0.4) is 0 Å². The van der Waals surface area contributed by atoms with Crippen LogP contribution >= 0.6 is 11.3 Å². The second-order valence-electron chi connectivity index (χ2n) is 7.25. The fraction of sp³-hybridized carbons (Fsp3) is 0.273. The zero-order valence-corrected chi connectivity index (χ0v) is 19.5. The van der Waals surface area contributed by atoms with Gasteiger partial charge in [0.05, 0.1) is 22.6 Å². The first-order valence-corrected chi connectivity index (χ1v) is 11.1. The molecule has 1 aromatic carbocycles. The number of amides is 2. The molecule has 186 valence electrons. The average molecular weight is 510 g/mol. The molecule has 0 saturated carbocycles. The quantitative estimate of drug-likeness (QED) is 0.415. The lowest BCUT2D eigenvalue weighted by Crippen LogP contribution is -2.16. The third-order valence-electron chi connectivity index (χ3n) is 4.64.